The van der Waals surface area contributed by atoms with Gasteiger partial charge in [-0.25, -0.2) is 0 Å². The molecule has 1 heterocycles. The Bertz CT molecular complexity index is 343. The van der Waals surface area contributed by atoms with Crippen LogP contribution in [-0.2, 0) is 0 Å². The van der Waals surface area contributed by atoms with E-state index in [2.05, 4.69) is 17.2 Å². The van der Waals surface area contributed by atoms with Crippen LogP contribution in [0.25, 0.3) is 0 Å². The Balaban J connectivity index is 1.82. The minimum Gasteiger partial charge on any atom is -0.397 e. The summed E-state index contributed by atoms with van der Waals surface area (Å²) in [4.78, 5) is 4.11. The number of nitrogens with zero attached hydrogens (tertiary/aromatic N) is 1. The van der Waals surface area contributed by atoms with Crippen LogP contribution in [0.4, 0.5) is 11.4 Å². The summed E-state index contributed by atoms with van der Waals surface area (Å²) in [6.07, 6.45) is 11.5. The van der Waals surface area contributed by atoms with Gasteiger partial charge >= 0.3 is 0 Å². The van der Waals surface area contributed by atoms with Crippen molar-refractivity contribution in [2.75, 3.05) is 11.1 Å². The van der Waals surface area contributed by atoms with Gasteiger partial charge in [0.25, 0.3) is 0 Å². The predicted molar refractivity (Wildman–Crippen MR) is 72.9 cm³/mol. The minimum atomic E-state index is 0.603. The largest absolute Gasteiger partial charge is 0.397 e. The Morgan fingerprint density at radius 2 is 2.06 bits per heavy atom. The number of hydrogen-bond donors (Lipinski definition) is 2. The number of nitrogens with two attached hydrogens (primary N) is 1. The molecule has 3 N–H and O–H groups in total. The van der Waals surface area contributed by atoms with Gasteiger partial charge in [-0.3, -0.25) is 4.98 Å². The molecule has 1 aliphatic carbocycles. The number of nitrogens with one attached hydrogen (secondary N) is 1. The number of pyridine rings is 1. The maximum atomic E-state index is 5.72. The van der Waals surface area contributed by atoms with Gasteiger partial charge in [0.15, 0.2) is 0 Å². The molecule has 0 amide bonds. The molecule has 17 heavy (non-hydrogen) atoms. The molecule has 94 valence electrons. The highest BCUT2D eigenvalue weighted by Gasteiger charge is 2.20. The molecule has 1 aromatic rings. The van der Waals surface area contributed by atoms with Crippen LogP contribution >= 0.6 is 0 Å². The molecule has 2 rings (SSSR count). The number of hydrogen-bond acceptors (Lipinski definition) is 3. The van der Waals surface area contributed by atoms with E-state index >= 15 is 0 Å². The highest BCUT2D eigenvalue weighted by Crippen LogP contribution is 2.29. The van der Waals surface area contributed by atoms with Crippen LogP contribution < -0.4 is 11.1 Å². The van der Waals surface area contributed by atoms with Crippen LogP contribution in [0.5, 0.6) is 0 Å². The zero-order valence-electron chi connectivity index (χ0n) is 10.7. The SMILES string of the molecule is CCCC1CCC(Nc2cncc(N)c2)CC1. The first-order valence-electron chi connectivity index (χ1n) is 6.75. The minimum absolute atomic E-state index is 0.603. The van der Waals surface area contributed by atoms with Crippen molar-refractivity contribution in [3.63, 3.8) is 0 Å². The van der Waals surface area contributed by atoms with Crippen molar-refractivity contribution >= 4 is 11.4 Å². The summed E-state index contributed by atoms with van der Waals surface area (Å²) in [6.45, 7) is 2.28. The van der Waals surface area contributed by atoms with Gasteiger partial charge in [0, 0.05) is 12.2 Å². The van der Waals surface area contributed by atoms with Crippen molar-refractivity contribution in [3.05, 3.63) is 18.5 Å². The number of rotatable bonds is 4. The van der Waals surface area contributed by atoms with E-state index in [1.807, 2.05) is 12.3 Å². The van der Waals surface area contributed by atoms with E-state index in [4.69, 9.17) is 5.73 Å². The van der Waals surface area contributed by atoms with Crippen molar-refractivity contribution in [3.8, 4) is 0 Å². The zero-order valence-corrected chi connectivity index (χ0v) is 10.7. The van der Waals surface area contributed by atoms with Crippen molar-refractivity contribution < 1.29 is 0 Å². The second-order valence-corrected chi connectivity index (χ2v) is 5.16. The lowest BCUT2D eigenvalue weighted by Crippen LogP contribution is -2.26. The Kier molecular flexibility index (Phi) is 4.24. The number of nitrogen functional groups attached to an aromatic ring is 1. The molecule has 0 unspecified atom stereocenters. The third-order valence-corrected chi connectivity index (χ3v) is 3.67. The van der Waals surface area contributed by atoms with Gasteiger partial charge in [-0.2, -0.15) is 0 Å². The normalized spacial score (nSPS) is 24.5. The standard InChI is InChI=1S/C14H23N3/c1-2-3-11-4-6-13(7-5-11)17-14-8-12(15)9-16-10-14/h8-11,13,17H,2-7,15H2,1H3. The van der Waals surface area contributed by atoms with Crippen LogP contribution in [-0.4, -0.2) is 11.0 Å². The van der Waals surface area contributed by atoms with Crippen molar-refractivity contribution in [1.29, 1.82) is 0 Å². The van der Waals surface area contributed by atoms with E-state index < -0.39 is 0 Å². The molecule has 0 atom stereocenters. The molecule has 3 heteroatoms. The molecule has 1 aromatic heterocycles. The van der Waals surface area contributed by atoms with E-state index in [1.165, 1.54) is 38.5 Å². The second-order valence-electron chi connectivity index (χ2n) is 5.16. The first kappa shape index (κ1) is 12.2. The lowest BCUT2D eigenvalue weighted by molar-refractivity contribution is 0.319. The number of aromatic nitrogens is 1. The van der Waals surface area contributed by atoms with Gasteiger partial charge in [0.1, 0.15) is 0 Å². The smallest absolute Gasteiger partial charge is 0.0549 e. The summed E-state index contributed by atoms with van der Waals surface area (Å²) in [7, 11) is 0. The second kappa shape index (κ2) is 5.89. The van der Waals surface area contributed by atoms with E-state index in [1.54, 1.807) is 6.20 Å². The Labute approximate surface area is 104 Å². The lowest BCUT2D eigenvalue weighted by atomic mass is 9.83. The molecule has 0 aliphatic heterocycles. The van der Waals surface area contributed by atoms with Crippen molar-refractivity contribution in [2.45, 2.75) is 51.5 Å². The first-order chi connectivity index (χ1) is 8.28. The van der Waals surface area contributed by atoms with E-state index in [0.717, 1.165) is 17.3 Å². The highest BCUT2D eigenvalue weighted by molar-refractivity contribution is 5.51. The Hall–Kier alpha value is -1.25. The van der Waals surface area contributed by atoms with Crippen molar-refractivity contribution in [2.24, 2.45) is 5.92 Å². The Morgan fingerprint density at radius 1 is 1.29 bits per heavy atom. The summed E-state index contributed by atoms with van der Waals surface area (Å²) < 4.78 is 0. The fourth-order valence-corrected chi connectivity index (χ4v) is 2.78. The fourth-order valence-electron chi connectivity index (χ4n) is 2.78. The van der Waals surface area contributed by atoms with Gasteiger partial charge in [0.2, 0.25) is 0 Å². The topological polar surface area (TPSA) is 50.9 Å². The molecule has 1 fully saturated rings. The summed E-state index contributed by atoms with van der Waals surface area (Å²) in [6, 6.07) is 2.57. The van der Waals surface area contributed by atoms with Gasteiger partial charge in [-0.1, -0.05) is 19.8 Å². The highest BCUT2D eigenvalue weighted by atomic mass is 14.9. The molecule has 3 nitrogen and oxygen atoms in total. The van der Waals surface area contributed by atoms with Crippen molar-refractivity contribution in [1.82, 2.24) is 4.98 Å². The Morgan fingerprint density at radius 3 is 2.71 bits per heavy atom. The molecule has 0 saturated heterocycles. The molecule has 0 radical (unpaired) electrons. The third kappa shape index (κ3) is 3.62. The summed E-state index contributed by atoms with van der Waals surface area (Å²) in [5.41, 5.74) is 7.51. The lowest BCUT2D eigenvalue weighted by Gasteiger charge is -2.29. The molecule has 0 aromatic carbocycles. The van der Waals surface area contributed by atoms with Gasteiger partial charge in [-0.15, -0.1) is 0 Å². The van der Waals surface area contributed by atoms with Crippen LogP contribution in [0.1, 0.15) is 45.4 Å². The fraction of sp³-hybridized carbons (Fsp3) is 0.643. The predicted octanol–water partition coefficient (Wildman–Crippen LogP) is 3.43. The molecule has 1 aliphatic rings. The zero-order chi connectivity index (χ0) is 12.1. The molecule has 0 spiro atoms. The third-order valence-electron chi connectivity index (χ3n) is 3.67. The van der Waals surface area contributed by atoms with Crippen LogP contribution in [0.15, 0.2) is 18.5 Å². The maximum Gasteiger partial charge on any atom is 0.0549 e. The number of anilines is 2. The van der Waals surface area contributed by atoms with Crippen LogP contribution in [0, 0.1) is 5.92 Å². The molecular weight excluding hydrogens is 210 g/mol. The van der Waals surface area contributed by atoms with Gasteiger partial charge < -0.3 is 11.1 Å². The monoisotopic (exact) mass is 233 g/mol. The average molecular weight is 233 g/mol. The van der Waals surface area contributed by atoms with Gasteiger partial charge in [0.05, 0.1) is 17.6 Å². The summed E-state index contributed by atoms with van der Waals surface area (Å²) in [5.74, 6) is 0.956. The average Bonchev–Trinajstić information content (AvgIpc) is 2.32. The maximum absolute atomic E-state index is 5.72. The molecule has 0 bridgehead atoms. The van der Waals surface area contributed by atoms with E-state index in [0.29, 0.717) is 6.04 Å². The molecule has 1 saturated carbocycles. The van der Waals surface area contributed by atoms with Crippen LogP contribution in [0.2, 0.25) is 0 Å². The summed E-state index contributed by atoms with van der Waals surface area (Å²) in [5, 5.41) is 3.54. The molecular formula is C14H23N3. The van der Waals surface area contributed by atoms with E-state index in [-0.39, 0.29) is 0 Å². The quantitative estimate of drug-likeness (QED) is 0.837. The van der Waals surface area contributed by atoms with Crippen LogP contribution in [0.3, 0.4) is 0 Å². The first-order valence-corrected chi connectivity index (χ1v) is 6.75. The summed E-state index contributed by atoms with van der Waals surface area (Å²) >= 11 is 0. The van der Waals surface area contributed by atoms with Gasteiger partial charge in [-0.05, 0) is 37.7 Å². The van der Waals surface area contributed by atoms with E-state index in [9.17, 15) is 0 Å².